The molecule has 4 rings (SSSR count). The Morgan fingerprint density at radius 1 is 0.833 bits per heavy atom. The van der Waals surface area contributed by atoms with Crippen LogP contribution in [-0.2, 0) is 15.9 Å². The fourth-order valence-electron chi connectivity index (χ4n) is 5.29. The maximum atomic E-state index is 5.89. The standard InChI is InChI=1S/C22H32O2/c1-2-17-3-5-18(6-4-17)19-7-9-20(10-8-19)21-11-13-22(14-12-21)23-15-16-24-22/h3-6,19-21H,2,7-16H2,1H3. The molecule has 1 saturated heterocycles. The molecular formula is C22H32O2. The number of aryl methyl sites for hydroxylation is 1. The molecule has 2 heteroatoms. The Hall–Kier alpha value is -0.860. The van der Waals surface area contributed by atoms with Crippen LogP contribution in [0.1, 0.15) is 75.3 Å². The molecule has 2 nitrogen and oxygen atoms in total. The summed E-state index contributed by atoms with van der Waals surface area (Å²) in [5, 5.41) is 0. The second-order valence-electron chi connectivity index (χ2n) is 8.15. The first-order chi connectivity index (χ1) is 11.8. The molecule has 2 saturated carbocycles. The minimum absolute atomic E-state index is 0.186. The van der Waals surface area contributed by atoms with E-state index in [0.717, 1.165) is 50.2 Å². The summed E-state index contributed by atoms with van der Waals surface area (Å²) in [6.45, 7) is 3.83. The lowest BCUT2D eigenvalue weighted by Gasteiger charge is -2.41. The first-order valence-corrected chi connectivity index (χ1v) is 10.1. The van der Waals surface area contributed by atoms with Crippen molar-refractivity contribution in [2.45, 2.75) is 76.4 Å². The highest BCUT2D eigenvalue weighted by Gasteiger charge is 2.42. The van der Waals surface area contributed by atoms with Crippen molar-refractivity contribution >= 4 is 0 Å². The molecule has 0 aromatic heterocycles. The zero-order valence-corrected chi connectivity index (χ0v) is 15.1. The van der Waals surface area contributed by atoms with E-state index in [1.54, 1.807) is 5.56 Å². The van der Waals surface area contributed by atoms with Gasteiger partial charge in [0.2, 0.25) is 0 Å². The van der Waals surface area contributed by atoms with Crippen LogP contribution in [0.25, 0.3) is 0 Å². The first-order valence-electron chi connectivity index (χ1n) is 10.1. The van der Waals surface area contributed by atoms with Gasteiger partial charge in [0.1, 0.15) is 0 Å². The Kier molecular flexibility index (Phi) is 4.96. The first kappa shape index (κ1) is 16.6. The molecule has 3 aliphatic rings. The van der Waals surface area contributed by atoms with E-state index in [9.17, 15) is 0 Å². The molecule has 0 unspecified atom stereocenters. The number of hydrogen-bond acceptors (Lipinski definition) is 2. The van der Waals surface area contributed by atoms with E-state index in [-0.39, 0.29) is 5.79 Å². The Bertz CT molecular complexity index is 511. The van der Waals surface area contributed by atoms with Crippen molar-refractivity contribution in [3.63, 3.8) is 0 Å². The highest BCUT2D eigenvalue weighted by atomic mass is 16.7. The van der Waals surface area contributed by atoms with Gasteiger partial charge in [0.05, 0.1) is 13.2 Å². The minimum Gasteiger partial charge on any atom is -0.348 e. The van der Waals surface area contributed by atoms with E-state index >= 15 is 0 Å². The lowest BCUT2D eigenvalue weighted by molar-refractivity contribution is -0.185. The van der Waals surface area contributed by atoms with Crippen molar-refractivity contribution in [2.75, 3.05) is 13.2 Å². The average Bonchev–Trinajstić information content (AvgIpc) is 3.11. The Labute approximate surface area is 146 Å². The normalized spacial score (nSPS) is 30.7. The largest absolute Gasteiger partial charge is 0.348 e. The quantitative estimate of drug-likeness (QED) is 0.734. The van der Waals surface area contributed by atoms with Gasteiger partial charge in [0, 0.05) is 12.8 Å². The predicted octanol–water partition coefficient (Wildman–Crippen LogP) is 5.46. The third kappa shape index (κ3) is 3.41. The van der Waals surface area contributed by atoms with Crippen molar-refractivity contribution in [3.05, 3.63) is 35.4 Å². The van der Waals surface area contributed by atoms with Crippen molar-refractivity contribution in [3.8, 4) is 0 Å². The molecule has 1 aromatic rings. The predicted molar refractivity (Wildman–Crippen MR) is 97.1 cm³/mol. The molecule has 1 heterocycles. The zero-order chi connectivity index (χ0) is 16.4. The SMILES string of the molecule is CCc1ccc(C2CCC(C3CCC4(CC3)OCCO4)CC2)cc1. The molecule has 1 aromatic carbocycles. The summed E-state index contributed by atoms with van der Waals surface area (Å²) in [6, 6.07) is 9.40. The number of hydrogen-bond donors (Lipinski definition) is 0. The van der Waals surface area contributed by atoms with Crippen molar-refractivity contribution in [2.24, 2.45) is 11.8 Å². The van der Waals surface area contributed by atoms with E-state index in [0.29, 0.717) is 0 Å². The summed E-state index contributed by atoms with van der Waals surface area (Å²) in [4.78, 5) is 0. The Morgan fingerprint density at radius 2 is 1.42 bits per heavy atom. The third-order valence-electron chi connectivity index (χ3n) is 6.90. The molecule has 1 aliphatic heterocycles. The molecule has 132 valence electrons. The minimum atomic E-state index is -0.186. The van der Waals surface area contributed by atoms with E-state index in [1.807, 2.05) is 0 Å². The lowest BCUT2D eigenvalue weighted by atomic mass is 9.69. The number of ether oxygens (including phenoxy) is 2. The summed E-state index contributed by atoms with van der Waals surface area (Å²) < 4.78 is 11.8. The molecular weight excluding hydrogens is 296 g/mol. The average molecular weight is 328 g/mol. The zero-order valence-electron chi connectivity index (χ0n) is 15.1. The molecule has 0 atom stereocenters. The summed E-state index contributed by atoms with van der Waals surface area (Å²) in [6.07, 6.45) is 11.6. The Balaban J connectivity index is 1.28. The fraction of sp³-hybridized carbons (Fsp3) is 0.727. The van der Waals surface area contributed by atoms with Crippen LogP contribution in [0, 0.1) is 11.8 Å². The van der Waals surface area contributed by atoms with Gasteiger partial charge in [-0.05, 0) is 73.8 Å². The summed E-state index contributed by atoms with van der Waals surface area (Å²) in [7, 11) is 0. The van der Waals surface area contributed by atoms with Crippen LogP contribution in [0.5, 0.6) is 0 Å². The van der Waals surface area contributed by atoms with Gasteiger partial charge in [-0.15, -0.1) is 0 Å². The van der Waals surface area contributed by atoms with Crippen LogP contribution in [-0.4, -0.2) is 19.0 Å². The van der Waals surface area contributed by atoms with Crippen LogP contribution in [0.3, 0.4) is 0 Å². The van der Waals surface area contributed by atoms with E-state index in [4.69, 9.17) is 9.47 Å². The van der Waals surface area contributed by atoms with Crippen molar-refractivity contribution < 1.29 is 9.47 Å². The van der Waals surface area contributed by atoms with E-state index in [2.05, 4.69) is 31.2 Å². The second-order valence-corrected chi connectivity index (χ2v) is 8.15. The van der Waals surface area contributed by atoms with E-state index in [1.165, 1.54) is 44.1 Å². The fourth-order valence-corrected chi connectivity index (χ4v) is 5.29. The molecule has 2 aliphatic carbocycles. The summed E-state index contributed by atoms with van der Waals surface area (Å²) in [5.74, 6) is 2.46. The molecule has 0 N–H and O–H groups in total. The van der Waals surface area contributed by atoms with Gasteiger partial charge in [-0.2, -0.15) is 0 Å². The van der Waals surface area contributed by atoms with Gasteiger partial charge in [0.25, 0.3) is 0 Å². The molecule has 0 amide bonds. The smallest absolute Gasteiger partial charge is 0.168 e. The van der Waals surface area contributed by atoms with E-state index < -0.39 is 0 Å². The molecule has 1 spiro atoms. The molecule has 24 heavy (non-hydrogen) atoms. The van der Waals surface area contributed by atoms with Gasteiger partial charge in [-0.1, -0.05) is 31.2 Å². The summed E-state index contributed by atoms with van der Waals surface area (Å²) in [5.41, 5.74) is 3.03. The lowest BCUT2D eigenvalue weighted by Crippen LogP contribution is -2.37. The maximum absolute atomic E-state index is 5.89. The third-order valence-corrected chi connectivity index (χ3v) is 6.90. The van der Waals surface area contributed by atoms with Gasteiger partial charge in [-0.25, -0.2) is 0 Å². The highest BCUT2D eigenvalue weighted by molar-refractivity contribution is 5.25. The van der Waals surface area contributed by atoms with Crippen LogP contribution >= 0.6 is 0 Å². The number of rotatable bonds is 3. The van der Waals surface area contributed by atoms with Gasteiger partial charge in [-0.3, -0.25) is 0 Å². The van der Waals surface area contributed by atoms with Gasteiger partial charge >= 0.3 is 0 Å². The van der Waals surface area contributed by atoms with Gasteiger partial charge in [0.15, 0.2) is 5.79 Å². The van der Waals surface area contributed by atoms with Crippen LogP contribution in [0.2, 0.25) is 0 Å². The molecule has 3 fully saturated rings. The molecule has 0 radical (unpaired) electrons. The topological polar surface area (TPSA) is 18.5 Å². The van der Waals surface area contributed by atoms with Gasteiger partial charge < -0.3 is 9.47 Å². The number of benzene rings is 1. The second kappa shape index (κ2) is 7.17. The molecule has 0 bridgehead atoms. The highest BCUT2D eigenvalue weighted by Crippen LogP contribution is 2.46. The monoisotopic (exact) mass is 328 g/mol. The van der Waals surface area contributed by atoms with Crippen LogP contribution < -0.4 is 0 Å². The maximum Gasteiger partial charge on any atom is 0.168 e. The van der Waals surface area contributed by atoms with Crippen molar-refractivity contribution in [1.82, 2.24) is 0 Å². The Morgan fingerprint density at radius 3 is 2.00 bits per heavy atom. The van der Waals surface area contributed by atoms with Crippen LogP contribution in [0.15, 0.2) is 24.3 Å². The summed E-state index contributed by atoms with van der Waals surface area (Å²) >= 11 is 0. The van der Waals surface area contributed by atoms with Crippen molar-refractivity contribution in [1.29, 1.82) is 0 Å². The van der Waals surface area contributed by atoms with Crippen LogP contribution in [0.4, 0.5) is 0 Å².